The van der Waals surface area contributed by atoms with Crippen LogP contribution in [0.15, 0.2) is 17.6 Å². The Morgan fingerprint density at radius 2 is 2.31 bits per heavy atom. The van der Waals surface area contributed by atoms with Gasteiger partial charge in [0.05, 0.1) is 6.33 Å². The number of hydrogen-bond acceptors (Lipinski definition) is 3. The van der Waals surface area contributed by atoms with Gasteiger partial charge < -0.3 is 4.57 Å². The number of rotatable bonds is 6. The highest BCUT2D eigenvalue weighted by atomic mass is 79.9. The van der Waals surface area contributed by atoms with Gasteiger partial charge in [-0.3, -0.25) is 0 Å². The Kier molecular flexibility index (Phi) is 4.94. The second kappa shape index (κ2) is 5.79. The smallest absolute Gasteiger partial charge is 0.259 e. The van der Waals surface area contributed by atoms with Crippen LogP contribution in [0.25, 0.3) is 0 Å². The van der Waals surface area contributed by atoms with Crippen LogP contribution in [0.3, 0.4) is 0 Å². The maximum absolute atomic E-state index is 11.7. The van der Waals surface area contributed by atoms with Crippen LogP contribution in [0.5, 0.6) is 0 Å². The van der Waals surface area contributed by atoms with Crippen molar-refractivity contribution in [3.8, 4) is 0 Å². The molecular formula is C9H16BrN3O2S. The van der Waals surface area contributed by atoms with Crippen molar-refractivity contribution in [3.05, 3.63) is 12.5 Å². The molecule has 1 aromatic rings. The fraction of sp³-hybridized carbons (Fsp3) is 0.667. The Balaban J connectivity index is 2.63. The number of imidazole rings is 1. The van der Waals surface area contributed by atoms with Gasteiger partial charge in [0.1, 0.15) is 0 Å². The minimum atomic E-state index is -3.45. The maximum Gasteiger partial charge on any atom is 0.259 e. The molecule has 1 rings (SSSR count). The van der Waals surface area contributed by atoms with E-state index in [0.717, 1.165) is 6.42 Å². The van der Waals surface area contributed by atoms with Crippen molar-refractivity contribution in [2.75, 3.05) is 6.54 Å². The molecule has 1 atom stereocenters. The topological polar surface area (TPSA) is 64.0 Å². The maximum atomic E-state index is 11.7. The minimum absolute atomic E-state index is 0.0802. The number of hydrogen-bond donors (Lipinski definition) is 1. The van der Waals surface area contributed by atoms with Crippen LogP contribution in [0.1, 0.15) is 20.3 Å². The largest absolute Gasteiger partial charge is 0.336 e. The van der Waals surface area contributed by atoms with Crippen molar-refractivity contribution in [3.63, 3.8) is 0 Å². The zero-order valence-corrected chi connectivity index (χ0v) is 11.8. The molecule has 16 heavy (non-hydrogen) atoms. The summed E-state index contributed by atoms with van der Waals surface area (Å²) < 4.78 is 27.7. The monoisotopic (exact) mass is 309 g/mol. The van der Waals surface area contributed by atoms with E-state index in [1.807, 2.05) is 13.8 Å². The van der Waals surface area contributed by atoms with Crippen molar-refractivity contribution in [1.82, 2.24) is 14.3 Å². The van der Waals surface area contributed by atoms with E-state index in [1.165, 1.54) is 12.5 Å². The first-order chi connectivity index (χ1) is 7.45. The quantitative estimate of drug-likeness (QED) is 0.807. The molecule has 1 heterocycles. The van der Waals surface area contributed by atoms with Crippen molar-refractivity contribution in [1.29, 1.82) is 0 Å². The molecule has 0 aromatic carbocycles. The van der Waals surface area contributed by atoms with E-state index in [-0.39, 0.29) is 5.03 Å². The Hall–Kier alpha value is -0.400. The van der Waals surface area contributed by atoms with Crippen molar-refractivity contribution >= 4 is 26.0 Å². The van der Waals surface area contributed by atoms with Crippen LogP contribution >= 0.6 is 15.9 Å². The standard InChI is InChI=1S/C9H16BrN3O2S/c1-3-13-6-9(11-7-13)16(14,15)12-5-4-8(2)10/h6-8,12H,3-5H2,1-2H3. The summed E-state index contributed by atoms with van der Waals surface area (Å²) in [6.45, 7) is 5.02. The van der Waals surface area contributed by atoms with Gasteiger partial charge in [-0.1, -0.05) is 22.9 Å². The Morgan fingerprint density at radius 3 is 2.81 bits per heavy atom. The van der Waals surface area contributed by atoms with E-state index in [2.05, 4.69) is 25.6 Å². The Bertz CT molecular complexity index is 428. The molecule has 0 aliphatic heterocycles. The summed E-state index contributed by atoms with van der Waals surface area (Å²) in [5, 5.41) is 0.0802. The number of aromatic nitrogens is 2. The molecule has 5 nitrogen and oxygen atoms in total. The fourth-order valence-electron chi connectivity index (χ4n) is 1.12. The van der Waals surface area contributed by atoms with Gasteiger partial charge in [-0.05, 0) is 13.3 Å². The summed E-state index contributed by atoms with van der Waals surface area (Å²) in [6.07, 6.45) is 3.79. The minimum Gasteiger partial charge on any atom is -0.336 e. The number of nitrogens with one attached hydrogen (secondary N) is 1. The van der Waals surface area contributed by atoms with Crippen LogP contribution in [0.2, 0.25) is 0 Å². The van der Waals surface area contributed by atoms with Crippen molar-refractivity contribution in [2.45, 2.75) is 36.7 Å². The second-order valence-electron chi connectivity index (χ2n) is 3.51. The molecule has 1 unspecified atom stereocenters. The zero-order valence-electron chi connectivity index (χ0n) is 9.35. The van der Waals surface area contributed by atoms with E-state index in [4.69, 9.17) is 0 Å². The summed E-state index contributed by atoms with van der Waals surface area (Å²) >= 11 is 3.36. The first-order valence-corrected chi connectivity index (χ1v) is 7.51. The van der Waals surface area contributed by atoms with E-state index < -0.39 is 10.0 Å². The first-order valence-electron chi connectivity index (χ1n) is 5.11. The third-order valence-electron chi connectivity index (χ3n) is 2.08. The molecule has 0 radical (unpaired) electrons. The lowest BCUT2D eigenvalue weighted by molar-refractivity contribution is 0.576. The molecule has 0 fully saturated rings. The summed E-state index contributed by atoms with van der Waals surface area (Å²) in [6, 6.07) is 0. The molecule has 0 aliphatic rings. The molecule has 0 aliphatic carbocycles. The highest BCUT2D eigenvalue weighted by molar-refractivity contribution is 9.09. The molecule has 0 saturated carbocycles. The van der Waals surface area contributed by atoms with Crippen LogP contribution < -0.4 is 4.72 Å². The van der Waals surface area contributed by atoms with Gasteiger partial charge in [-0.2, -0.15) is 0 Å². The summed E-state index contributed by atoms with van der Waals surface area (Å²) in [5.41, 5.74) is 0. The van der Waals surface area contributed by atoms with E-state index in [1.54, 1.807) is 4.57 Å². The van der Waals surface area contributed by atoms with Gasteiger partial charge >= 0.3 is 0 Å². The number of halogens is 1. The lowest BCUT2D eigenvalue weighted by atomic mass is 10.3. The Labute approximate surface area is 104 Å². The number of nitrogens with zero attached hydrogens (tertiary/aromatic N) is 2. The van der Waals surface area contributed by atoms with Crippen LogP contribution in [0.4, 0.5) is 0 Å². The van der Waals surface area contributed by atoms with Crippen molar-refractivity contribution < 1.29 is 8.42 Å². The number of alkyl halides is 1. The van der Waals surface area contributed by atoms with Gasteiger partial charge in [0, 0.05) is 24.1 Å². The normalized spacial score (nSPS) is 13.9. The van der Waals surface area contributed by atoms with Gasteiger partial charge in [0.25, 0.3) is 10.0 Å². The predicted molar refractivity (Wildman–Crippen MR) is 66.1 cm³/mol. The molecule has 1 N–H and O–H groups in total. The Morgan fingerprint density at radius 1 is 1.62 bits per heavy atom. The number of aryl methyl sites for hydroxylation is 1. The van der Waals surface area contributed by atoms with Gasteiger partial charge in [-0.15, -0.1) is 0 Å². The molecule has 92 valence electrons. The molecule has 0 spiro atoms. The van der Waals surface area contributed by atoms with Crippen molar-refractivity contribution in [2.24, 2.45) is 0 Å². The van der Waals surface area contributed by atoms with E-state index in [0.29, 0.717) is 17.9 Å². The average molecular weight is 310 g/mol. The summed E-state index contributed by atoms with van der Waals surface area (Å²) in [4.78, 5) is 4.15. The highest BCUT2D eigenvalue weighted by Gasteiger charge is 2.16. The molecule has 0 saturated heterocycles. The molecule has 0 bridgehead atoms. The SMILES string of the molecule is CCn1cnc(S(=O)(=O)NCCC(C)Br)c1. The number of sulfonamides is 1. The lowest BCUT2D eigenvalue weighted by Crippen LogP contribution is -2.26. The van der Waals surface area contributed by atoms with Crippen LogP contribution in [-0.2, 0) is 16.6 Å². The first kappa shape index (κ1) is 13.7. The molecule has 7 heteroatoms. The van der Waals surface area contributed by atoms with Gasteiger partial charge in [0.2, 0.25) is 0 Å². The lowest BCUT2D eigenvalue weighted by Gasteiger charge is -2.05. The van der Waals surface area contributed by atoms with Crippen LogP contribution in [0, 0.1) is 0 Å². The van der Waals surface area contributed by atoms with E-state index in [9.17, 15) is 8.42 Å². The van der Waals surface area contributed by atoms with E-state index >= 15 is 0 Å². The third-order valence-corrected chi connectivity index (χ3v) is 3.89. The summed E-state index contributed by atoms with van der Waals surface area (Å²) in [5.74, 6) is 0. The molecule has 0 amide bonds. The fourth-order valence-corrected chi connectivity index (χ4v) is 2.34. The predicted octanol–water partition coefficient (Wildman–Crippen LogP) is 1.35. The second-order valence-corrected chi connectivity index (χ2v) is 6.79. The highest BCUT2D eigenvalue weighted by Crippen LogP contribution is 2.06. The summed E-state index contributed by atoms with van der Waals surface area (Å²) in [7, 11) is -3.45. The van der Waals surface area contributed by atoms with Gasteiger partial charge in [-0.25, -0.2) is 18.1 Å². The average Bonchev–Trinajstić information content (AvgIpc) is 2.65. The third kappa shape index (κ3) is 3.88. The molecular weight excluding hydrogens is 294 g/mol. The molecule has 1 aromatic heterocycles. The van der Waals surface area contributed by atoms with Crippen LogP contribution in [-0.4, -0.2) is 29.3 Å². The van der Waals surface area contributed by atoms with Gasteiger partial charge in [0.15, 0.2) is 5.03 Å². The zero-order chi connectivity index (χ0) is 12.2.